The van der Waals surface area contributed by atoms with Crippen LogP contribution in [0.3, 0.4) is 0 Å². The first-order chi connectivity index (χ1) is 50.8. The number of H-pyrrole nitrogens is 3. The zero-order valence-corrected chi connectivity index (χ0v) is 65.6. The van der Waals surface area contributed by atoms with E-state index in [1.807, 2.05) is 116 Å². The number of halogens is 14. The topological polar surface area (TPSA) is 108 Å². The van der Waals surface area contributed by atoms with Crippen LogP contribution in [0.1, 0.15) is 161 Å². The molecule has 3 aliphatic heterocycles. The van der Waals surface area contributed by atoms with Crippen molar-refractivity contribution in [3.63, 3.8) is 0 Å². The lowest BCUT2D eigenvalue weighted by Gasteiger charge is -2.32. The summed E-state index contributed by atoms with van der Waals surface area (Å²) in [5, 5.41) is 11.9. The van der Waals surface area contributed by atoms with Gasteiger partial charge in [0.1, 0.15) is 21.2 Å². The number of aryl methyl sites for hydroxylation is 5. The Morgan fingerprint density at radius 2 is 0.907 bits per heavy atom. The van der Waals surface area contributed by atoms with Gasteiger partial charge in [0.2, 0.25) is 0 Å². The molecule has 568 valence electrons. The van der Waals surface area contributed by atoms with Crippen LogP contribution in [0.5, 0.6) is 0 Å². The van der Waals surface area contributed by atoms with Gasteiger partial charge in [-0.2, -0.15) is 49.7 Å². The summed E-state index contributed by atoms with van der Waals surface area (Å²) in [6.45, 7) is 27.2. The predicted octanol–water partition coefficient (Wildman–Crippen LogP) is 22.4. The summed E-state index contributed by atoms with van der Waals surface area (Å²) in [4.78, 5) is 12.9. The summed E-state index contributed by atoms with van der Waals surface area (Å²) in [5.74, 6) is -0.816. The van der Waals surface area contributed by atoms with E-state index in [1.54, 1.807) is 13.0 Å². The van der Waals surface area contributed by atoms with Crippen molar-refractivity contribution >= 4 is 83.8 Å². The zero-order valence-electron chi connectivity index (χ0n) is 61.9. The van der Waals surface area contributed by atoms with Crippen molar-refractivity contribution in [2.75, 3.05) is 0 Å². The highest BCUT2D eigenvalue weighted by molar-refractivity contribution is 14.1. The molecule has 0 spiro atoms. The lowest BCUT2D eigenvalue weighted by atomic mass is 9.77. The molecule has 0 bridgehead atoms. The SMILES string of the molecule is CC1(C)OB(c2cccc3[nH]cc(F)c23)OC1(C)C.CCc1cccc(CC)c1-n1nc2c(c1-c1cccc3[nH]cc(F)c13)CN(Cc1ccc(C(F)(F)F)cc1C)C2(C)C.CCc1cccc(CC)c1-n1nc2c(c1I)CN(Cc1ccc(C(F)(F)F)cc1C(F)(F)F)C2(C)C.Fc1c[nH]c2cccc(Br)c12. The van der Waals surface area contributed by atoms with Crippen LogP contribution < -0.4 is 5.46 Å². The van der Waals surface area contributed by atoms with Gasteiger partial charge in [0, 0.05) is 98.6 Å². The van der Waals surface area contributed by atoms with Crippen LogP contribution in [-0.2, 0) is 90.8 Å². The summed E-state index contributed by atoms with van der Waals surface area (Å²) in [6, 6.07) is 35.1. The van der Waals surface area contributed by atoms with E-state index < -0.39 is 64.6 Å². The van der Waals surface area contributed by atoms with Gasteiger partial charge in [-0.3, -0.25) is 9.80 Å². The van der Waals surface area contributed by atoms with E-state index in [-0.39, 0.29) is 35.6 Å². The number of para-hydroxylation sites is 2. The minimum Gasteiger partial charge on any atom is -0.399 e. The molecule has 0 amide bonds. The number of rotatable bonds is 12. The molecule has 26 heteroatoms. The third-order valence-corrected chi connectivity index (χ3v) is 23.3. The highest BCUT2D eigenvalue weighted by Gasteiger charge is 2.53. The Balaban J connectivity index is 0.000000148. The van der Waals surface area contributed by atoms with Gasteiger partial charge in [0.05, 0.1) is 67.4 Å². The largest absolute Gasteiger partial charge is 0.495 e. The van der Waals surface area contributed by atoms with E-state index >= 15 is 4.39 Å². The third-order valence-electron chi connectivity index (χ3n) is 21.5. The van der Waals surface area contributed by atoms with Crippen LogP contribution in [0.4, 0.5) is 52.7 Å². The molecule has 108 heavy (non-hydrogen) atoms. The van der Waals surface area contributed by atoms with Crippen molar-refractivity contribution < 1.29 is 62.0 Å². The first kappa shape index (κ1) is 79.4. The quantitative estimate of drug-likeness (QED) is 0.0639. The van der Waals surface area contributed by atoms with Crippen LogP contribution in [0, 0.1) is 28.1 Å². The smallest absolute Gasteiger partial charge is 0.399 e. The van der Waals surface area contributed by atoms with Crippen molar-refractivity contribution in [1.29, 1.82) is 0 Å². The second-order valence-corrected chi connectivity index (χ2v) is 31.3. The second kappa shape index (κ2) is 29.9. The Labute approximate surface area is 641 Å². The number of aromatic amines is 3. The van der Waals surface area contributed by atoms with E-state index in [0.717, 1.165) is 135 Å². The molecular weight excluding hydrogens is 1590 g/mol. The molecule has 8 heterocycles. The fourth-order valence-electron chi connectivity index (χ4n) is 14.7. The molecule has 0 aliphatic carbocycles. The summed E-state index contributed by atoms with van der Waals surface area (Å²) >= 11 is 5.50. The number of nitrogens with zero attached hydrogens (tertiary/aromatic N) is 6. The number of hydrogen-bond donors (Lipinski definition) is 3. The molecule has 1 fully saturated rings. The van der Waals surface area contributed by atoms with Crippen molar-refractivity contribution in [1.82, 2.24) is 44.3 Å². The lowest BCUT2D eigenvalue weighted by Crippen LogP contribution is -2.41. The van der Waals surface area contributed by atoms with Gasteiger partial charge < -0.3 is 24.3 Å². The minimum absolute atomic E-state index is 0.155. The highest BCUT2D eigenvalue weighted by atomic mass is 127. The molecule has 11 nitrogen and oxygen atoms in total. The van der Waals surface area contributed by atoms with Gasteiger partial charge in [-0.15, -0.1) is 0 Å². The maximum atomic E-state index is 15.3. The first-order valence-electron chi connectivity index (χ1n) is 35.6. The van der Waals surface area contributed by atoms with Gasteiger partial charge in [-0.05, 0) is 219 Å². The Kier molecular flexibility index (Phi) is 22.0. The van der Waals surface area contributed by atoms with Crippen molar-refractivity contribution in [3.05, 3.63) is 250 Å². The van der Waals surface area contributed by atoms with E-state index in [1.165, 1.54) is 24.7 Å². The number of benzene rings is 7. The van der Waals surface area contributed by atoms with Crippen LogP contribution in [0.25, 0.3) is 55.3 Å². The zero-order chi connectivity index (χ0) is 78.3. The first-order valence-corrected chi connectivity index (χ1v) is 37.5. The highest BCUT2D eigenvalue weighted by Crippen LogP contribution is 2.49. The van der Waals surface area contributed by atoms with E-state index in [9.17, 15) is 48.3 Å². The molecule has 0 atom stereocenters. The summed E-state index contributed by atoms with van der Waals surface area (Å²) < 4.78 is 180. The summed E-state index contributed by atoms with van der Waals surface area (Å²) in [5.41, 5.74) is 10.8. The van der Waals surface area contributed by atoms with E-state index in [2.05, 4.69) is 130 Å². The summed E-state index contributed by atoms with van der Waals surface area (Å²) in [7, 11) is -0.543. The monoisotopic (exact) mass is 1670 g/mol. The van der Waals surface area contributed by atoms with Crippen molar-refractivity contribution in [3.8, 4) is 22.6 Å². The van der Waals surface area contributed by atoms with Gasteiger partial charge >= 0.3 is 25.6 Å². The second-order valence-electron chi connectivity index (χ2n) is 29.4. The molecular formula is C82H82BBrF12IN9O2. The van der Waals surface area contributed by atoms with Crippen molar-refractivity contribution in [2.24, 2.45) is 0 Å². The number of hydrogen-bond acceptors (Lipinski definition) is 6. The summed E-state index contributed by atoms with van der Waals surface area (Å²) in [6.07, 6.45) is -6.75. The Morgan fingerprint density at radius 3 is 1.40 bits per heavy atom. The van der Waals surface area contributed by atoms with Gasteiger partial charge in [0.15, 0.2) is 0 Å². The molecule has 12 aromatic rings. The van der Waals surface area contributed by atoms with E-state index in [0.29, 0.717) is 52.9 Å². The van der Waals surface area contributed by atoms with E-state index in [4.69, 9.17) is 19.5 Å². The number of alkyl halides is 9. The fraction of sp³-hybridized carbons (Fsp3) is 0.341. The van der Waals surface area contributed by atoms with Gasteiger partial charge in [0.25, 0.3) is 0 Å². The molecule has 0 saturated carbocycles. The lowest BCUT2D eigenvalue weighted by molar-refractivity contribution is -0.143. The predicted molar refractivity (Wildman–Crippen MR) is 412 cm³/mol. The molecule has 0 radical (unpaired) electrons. The van der Waals surface area contributed by atoms with Crippen molar-refractivity contribution in [2.45, 2.75) is 183 Å². The number of aromatic nitrogens is 7. The molecule has 3 aliphatic rings. The average molecular weight is 1670 g/mol. The average Bonchev–Trinajstić information content (AvgIpc) is 1.53. The van der Waals surface area contributed by atoms with Crippen LogP contribution in [-0.4, -0.2) is 62.6 Å². The standard InChI is InChI=1S/C34H34F4N4.C26H26F6IN3.C14H17BFNO2.C8H5BrFN/c1-6-21-10-8-11-22(7-2)30(21)42-31(25-12-9-13-28-29(25)27(35)17-39-28)26-19-41(33(4,5)32(26)40-42)18-23-14-15-24(16-20(23)3)34(36,37)38;1-5-15-8-7-9-16(6-2)21(15)36-23(33)19-14-35(24(3,4)22(19)34-36)13-17-10-11-18(25(27,28)29)12-20(17)26(30,31)32;1-13(2)14(3,4)19-15(18-13)9-6-5-7-11-12(9)10(16)8-17-11;9-5-2-1-3-7-8(5)6(10)4-11-7/h8-17,39H,6-7,18-19H2,1-5H3;7-12H,5-6,13-14H2,1-4H3;5-8,17H,1-4H3;1-4,11H. The Hall–Kier alpha value is -8.15. The molecule has 7 aromatic carbocycles. The normalized spacial score (nSPS) is 16.0. The number of fused-ring (bicyclic) bond motifs is 5. The number of nitrogens with one attached hydrogen (secondary N) is 3. The van der Waals surface area contributed by atoms with Gasteiger partial charge in [-0.1, -0.05) is 107 Å². The molecule has 1 saturated heterocycles. The van der Waals surface area contributed by atoms with Crippen LogP contribution in [0.2, 0.25) is 0 Å². The third kappa shape index (κ3) is 14.9. The molecule has 15 rings (SSSR count). The van der Waals surface area contributed by atoms with Crippen LogP contribution >= 0.6 is 38.5 Å². The van der Waals surface area contributed by atoms with Gasteiger partial charge in [-0.25, -0.2) is 22.5 Å². The maximum Gasteiger partial charge on any atom is 0.495 e. The molecule has 3 N–H and O–H groups in total. The minimum atomic E-state index is -4.90. The molecule has 5 aromatic heterocycles. The fourth-order valence-corrected chi connectivity index (χ4v) is 16.0. The molecule has 0 unspecified atom stereocenters. The van der Waals surface area contributed by atoms with Crippen LogP contribution in [0.15, 0.2) is 150 Å². The Morgan fingerprint density at radius 1 is 0.491 bits per heavy atom. The maximum absolute atomic E-state index is 15.3. The Bertz CT molecular complexity index is 5290.